The van der Waals surface area contributed by atoms with Crippen LogP contribution in [-0.4, -0.2) is 34.1 Å². The van der Waals surface area contributed by atoms with Crippen molar-refractivity contribution < 1.29 is 0 Å². The van der Waals surface area contributed by atoms with Crippen molar-refractivity contribution in [2.45, 2.75) is 12.2 Å². The number of rotatable bonds is 1. The first-order chi connectivity index (χ1) is 6.75. The van der Waals surface area contributed by atoms with Crippen LogP contribution in [0.4, 0.5) is 5.82 Å². The second kappa shape index (κ2) is 4.49. The lowest BCUT2D eigenvalue weighted by atomic mass is 10.3. The number of anilines is 1. The first-order valence-corrected chi connectivity index (χ1v) is 6.44. The number of thioether (sulfide) groups is 1. The van der Waals surface area contributed by atoms with Crippen LogP contribution in [0, 0.1) is 0 Å². The van der Waals surface area contributed by atoms with Gasteiger partial charge in [-0.05, 0) is 15.9 Å². The van der Waals surface area contributed by atoms with E-state index < -0.39 is 0 Å². The Balaban J connectivity index is 2.14. The predicted molar refractivity (Wildman–Crippen MR) is 63.9 cm³/mol. The lowest BCUT2D eigenvalue weighted by Crippen LogP contribution is -2.37. The third kappa shape index (κ3) is 2.39. The molecule has 1 aromatic heterocycles. The molecular weight excluding hydrogens is 262 g/mol. The van der Waals surface area contributed by atoms with Crippen LogP contribution in [0.5, 0.6) is 0 Å². The Labute approximate surface area is 96.4 Å². The van der Waals surface area contributed by atoms with Gasteiger partial charge < -0.3 is 4.90 Å². The van der Waals surface area contributed by atoms with Gasteiger partial charge in [0.1, 0.15) is 16.7 Å². The zero-order valence-corrected chi connectivity index (χ0v) is 10.4. The summed E-state index contributed by atoms with van der Waals surface area (Å²) in [6.07, 6.45) is 1.60. The maximum absolute atomic E-state index is 4.27. The van der Waals surface area contributed by atoms with Crippen LogP contribution in [0.25, 0.3) is 0 Å². The average molecular weight is 274 g/mol. The van der Waals surface area contributed by atoms with Gasteiger partial charge in [-0.2, -0.15) is 11.8 Å². The predicted octanol–water partition coefficient (Wildman–Crippen LogP) is 2.18. The summed E-state index contributed by atoms with van der Waals surface area (Å²) in [4.78, 5) is 10.6. The zero-order chi connectivity index (χ0) is 9.97. The summed E-state index contributed by atoms with van der Waals surface area (Å²) >= 11 is 5.38. The average Bonchev–Trinajstić information content (AvgIpc) is 2.18. The van der Waals surface area contributed by atoms with Gasteiger partial charge >= 0.3 is 0 Å². The van der Waals surface area contributed by atoms with E-state index in [2.05, 4.69) is 37.7 Å². The topological polar surface area (TPSA) is 29.0 Å². The van der Waals surface area contributed by atoms with Crippen LogP contribution in [0.1, 0.15) is 6.92 Å². The molecule has 0 radical (unpaired) electrons. The summed E-state index contributed by atoms with van der Waals surface area (Å²) in [6.45, 7) is 4.42. The molecular formula is C9H12BrN3S. The summed E-state index contributed by atoms with van der Waals surface area (Å²) in [7, 11) is 0. The summed E-state index contributed by atoms with van der Waals surface area (Å²) in [6, 6.07) is 1.97. The van der Waals surface area contributed by atoms with Crippen molar-refractivity contribution in [3.8, 4) is 0 Å². The highest BCUT2D eigenvalue weighted by Crippen LogP contribution is 2.23. The number of halogens is 1. The molecule has 1 aliphatic heterocycles. The van der Waals surface area contributed by atoms with Gasteiger partial charge in [-0.3, -0.25) is 0 Å². The molecule has 1 aliphatic rings. The van der Waals surface area contributed by atoms with E-state index in [9.17, 15) is 0 Å². The quantitative estimate of drug-likeness (QED) is 0.734. The Morgan fingerprint density at radius 3 is 3.14 bits per heavy atom. The highest BCUT2D eigenvalue weighted by molar-refractivity contribution is 9.10. The minimum Gasteiger partial charge on any atom is -0.355 e. The largest absolute Gasteiger partial charge is 0.355 e. The summed E-state index contributed by atoms with van der Waals surface area (Å²) in [5.74, 6) is 2.21. The van der Waals surface area contributed by atoms with Gasteiger partial charge in [0.2, 0.25) is 0 Å². The van der Waals surface area contributed by atoms with Crippen LogP contribution in [-0.2, 0) is 0 Å². The second-order valence-corrected chi connectivity index (χ2v) is 5.69. The van der Waals surface area contributed by atoms with Crippen molar-refractivity contribution in [3.63, 3.8) is 0 Å². The fraction of sp³-hybridized carbons (Fsp3) is 0.556. The number of hydrogen-bond acceptors (Lipinski definition) is 4. The Hall–Kier alpha value is -0.290. The molecule has 0 aromatic carbocycles. The minimum absolute atomic E-state index is 0.692. The molecule has 0 saturated carbocycles. The monoisotopic (exact) mass is 273 g/mol. The summed E-state index contributed by atoms with van der Waals surface area (Å²) in [5, 5.41) is 0.692. The van der Waals surface area contributed by atoms with Crippen LogP contribution < -0.4 is 4.90 Å². The SMILES string of the molecule is CC1CN(c2cc(Br)ncn2)CCS1. The van der Waals surface area contributed by atoms with Crippen LogP contribution in [0.15, 0.2) is 17.0 Å². The fourth-order valence-electron chi connectivity index (χ4n) is 1.52. The zero-order valence-electron chi connectivity index (χ0n) is 7.98. The van der Waals surface area contributed by atoms with Crippen molar-refractivity contribution in [1.29, 1.82) is 0 Å². The van der Waals surface area contributed by atoms with E-state index in [1.807, 2.05) is 17.8 Å². The molecule has 3 nitrogen and oxygen atoms in total. The van der Waals surface area contributed by atoms with Gasteiger partial charge in [0.05, 0.1) is 0 Å². The lowest BCUT2D eigenvalue weighted by molar-refractivity contribution is 0.767. The van der Waals surface area contributed by atoms with Crippen LogP contribution in [0.2, 0.25) is 0 Å². The number of aromatic nitrogens is 2. The Morgan fingerprint density at radius 2 is 2.43 bits per heavy atom. The maximum Gasteiger partial charge on any atom is 0.133 e. The molecule has 0 N–H and O–H groups in total. The van der Waals surface area contributed by atoms with E-state index >= 15 is 0 Å². The van der Waals surface area contributed by atoms with Crippen LogP contribution in [0.3, 0.4) is 0 Å². The summed E-state index contributed by atoms with van der Waals surface area (Å²) < 4.78 is 0.855. The minimum atomic E-state index is 0.692. The molecule has 0 aliphatic carbocycles. The first kappa shape index (κ1) is 10.2. The molecule has 1 unspecified atom stereocenters. The van der Waals surface area contributed by atoms with Crippen molar-refractivity contribution in [2.75, 3.05) is 23.7 Å². The maximum atomic E-state index is 4.27. The summed E-state index contributed by atoms with van der Waals surface area (Å²) in [5.41, 5.74) is 0. The van der Waals surface area contributed by atoms with Gasteiger partial charge in [-0.1, -0.05) is 6.92 Å². The van der Waals surface area contributed by atoms with Crippen molar-refractivity contribution >= 4 is 33.5 Å². The Morgan fingerprint density at radius 1 is 1.57 bits per heavy atom. The van der Waals surface area contributed by atoms with E-state index in [1.54, 1.807) is 6.33 Å². The lowest BCUT2D eigenvalue weighted by Gasteiger charge is -2.31. The molecule has 1 saturated heterocycles. The van der Waals surface area contributed by atoms with Gasteiger partial charge in [-0.15, -0.1) is 0 Å². The third-order valence-electron chi connectivity index (χ3n) is 2.18. The molecule has 1 aromatic rings. The van der Waals surface area contributed by atoms with E-state index in [0.717, 1.165) is 23.5 Å². The van der Waals surface area contributed by atoms with Gasteiger partial charge in [0.15, 0.2) is 0 Å². The van der Waals surface area contributed by atoms with Crippen LogP contribution >= 0.6 is 27.7 Å². The molecule has 14 heavy (non-hydrogen) atoms. The van der Waals surface area contributed by atoms with E-state index in [-0.39, 0.29) is 0 Å². The third-order valence-corrected chi connectivity index (χ3v) is 3.75. The normalized spacial score (nSPS) is 22.4. The Bertz CT molecular complexity index is 321. The molecule has 0 amide bonds. The molecule has 0 bridgehead atoms. The van der Waals surface area contributed by atoms with Gasteiger partial charge in [-0.25, -0.2) is 9.97 Å². The van der Waals surface area contributed by atoms with Gasteiger partial charge in [0.25, 0.3) is 0 Å². The fourth-order valence-corrected chi connectivity index (χ4v) is 2.83. The molecule has 2 rings (SSSR count). The van der Waals surface area contributed by atoms with E-state index in [4.69, 9.17) is 0 Å². The van der Waals surface area contributed by atoms with E-state index in [0.29, 0.717) is 5.25 Å². The molecule has 76 valence electrons. The molecule has 1 fully saturated rings. The van der Waals surface area contributed by atoms with Gasteiger partial charge in [0, 0.05) is 30.2 Å². The van der Waals surface area contributed by atoms with Crippen molar-refractivity contribution in [1.82, 2.24) is 9.97 Å². The highest BCUT2D eigenvalue weighted by atomic mass is 79.9. The van der Waals surface area contributed by atoms with E-state index in [1.165, 1.54) is 5.75 Å². The number of nitrogens with zero attached hydrogens (tertiary/aromatic N) is 3. The Kier molecular flexibility index (Phi) is 3.28. The first-order valence-electron chi connectivity index (χ1n) is 4.60. The molecule has 1 atom stereocenters. The smallest absolute Gasteiger partial charge is 0.133 e. The molecule has 2 heterocycles. The molecule has 0 spiro atoms. The second-order valence-electron chi connectivity index (χ2n) is 3.33. The highest BCUT2D eigenvalue weighted by Gasteiger charge is 2.17. The van der Waals surface area contributed by atoms with Crippen molar-refractivity contribution in [3.05, 3.63) is 17.0 Å². The number of hydrogen-bond donors (Lipinski definition) is 0. The standard InChI is InChI=1S/C9H12BrN3S/c1-7-5-13(2-3-14-7)9-4-8(10)11-6-12-9/h4,6-7H,2-3,5H2,1H3. The van der Waals surface area contributed by atoms with Crippen molar-refractivity contribution in [2.24, 2.45) is 0 Å². The molecule has 5 heteroatoms.